The molecule has 1 aliphatic rings. The van der Waals surface area contributed by atoms with E-state index in [-0.39, 0.29) is 25.0 Å². The first-order valence-corrected chi connectivity index (χ1v) is 8.71. The number of halogens is 1. The number of methoxy groups -OCH3 is 2. The minimum atomic E-state index is -1.70. The number of ether oxygens (including phenoxy) is 2. The van der Waals surface area contributed by atoms with Crippen molar-refractivity contribution in [1.29, 1.82) is 0 Å². The third-order valence-electron chi connectivity index (χ3n) is 4.42. The zero-order valence-corrected chi connectivity index (χ0v) is 16.6. The number of carbonyl (C=O) groups excluding carboxylic acids is 2. The van der Waals surface area contributed by atoms with Crippen LogP contribution in [0.5, 0.6) is 5.75 Å². The molecule has 1 fully saturated rings. The van der Waals surface area contributed by atoms with Crippen LogP contribution in [0.4, 0.5) is 4.48 Å². The van der Waals surface area contributed by atoms with E-state index in [1.807, 2.05) is 26.8 Å². The van der Waals surface area contributed by atoms with Crippen molar-refractivity contribution in [2.75, 3.05) is 33.9 Å². The lowest BCUT2D eigenvalue weighted by Crippen LogP contribution is -2.63. The fourth-order valence-corrected chi connectivity index (χ4v) is 3.44. The Morgan fingerprint density at radius 3 is 2.42 bits per heavy atom. The van der Waals surface area contributed by atoms with E-state index in [1.165, 1.54) is 19.1 Å². The Morgan fingerprint density at radius 2 is 1.88 bits per heavy atom. The molecule has 1 heterocycles. The monoisotopic (exact) mass is 384 g/mol. The number of thiol groups is 1. The normalized spacial score (nSPS) is 21.4. The van der Waals surface area contributed by atoms with E-state index in [1.54, 1.807) is 12.1 Å². The van der Waals surface area contributed by atoms with E-state index >= 15 is 0 Å². The van der Waals surface area contributed by atoms with Crippen LogP contribution in [-0.2, 0) is 14.9 Å². The van der Waals surface area contributed by atoms with Crippen molar-refractivity contribution in [1.82, 2.24) is 10.0 Å². The average Bonchev–Trinajstić information content (AvgIpc) is 2.59. The molecule has 1 amide bonds. The molecule has 0 aliphatic carbocycles. The summed E-state index contributed by atoms with van der Waals surface area (Å²) in [6, 6.07) is 5.14. The van der Waals surface area contributed by atoms with Crippen LogP contribution in [0.1, 0.15) is 36.7 Å². The van der Waals surface area contributed by atoms with Gasteiger partial charge in [-0.05, 0) is 23.1 Å². The molecule has 144 valence electrons. The zero-order valence-electron chi connectivity index (χ0n) is 15.7. The Hall–Kier alpha value is -1.80. The maximum Gasteiger partial charge on any atom is 0.343 e. The maximum atomic E-state index is 13.7. The quantitative estimate of drug-likeness (QED) is 0.493. The van der Waals surface area contributed by atoms with Gasteiger partial charge in [0, 0.05) is 18.7 Å². The molecule has 2 rings (SSSR count). The molecule has 0 N–H and O–H groups in total. The number of esters is 1. The fourth-order valence-electron chi connectivity index (χ4n) is 3.00. The molecular formula is C18H25FN2O4S. The lowest BCUT2D eigenvalue weighted by molar-refractivity contribution is -0.155. The molecule has 1 saturated heterocycles. The predicted octanol–water partition coefficient (Wildman–Crippen LogP) is 2.43. The highest BCUT2D eigenvalue weighted by Gasteiger charge is 2.49. The van der Waals surface area contributed by atoms with Crippen molar-refractivity contribution in [3.63, 3.8) is 0 Å². The Balaban J connectivity index is 2.42. The van der Waals surface area contributed by atoms with Crippen LogP contribution < -0.4 is 4.74 Å². The second-order valence-corrected chi connectivity index (χ2v) is 8.01. The second kappa shape index (κ2) is 7.44. The van der Waals surface area contributed by atoms with Crippen LogP contribution in [0.2, 0.25) is 0 Å². The summed E-state index contributed by atoms with van der Waals surface area (Å²) in [4.78, 5) is 24.8. The Morgan fingerprint density at radius 1 is 1.23 bits per heavy atom. The summed E-state index contributed by atoms with van der Waals surface area (Å²) in [7, 11) is 2.72. The van der Waals surface area contributed by atoms with Gasteiger partial charge in [-0.15, -0.1) is 22.2 Å². The molecule has 0 spiro atoms. The molecule has 0 radical (unpaired) electrons. The first-order valence-electron chi connectivity index (χ1n) is 8.26. The van der Waals surface area contributed by atoms with Gasteiger partial charge in [0.1, 0.15) is 5.75 Å². The molecule has 1 atom stereocenters. The molecule has 1 aliphatic heterocycles. The Bertz CT molecular complexity index is 707. The lowest BCUT2D eigenvalue weighted by atomic mass is 9.85. The van der Waals surface area contributed by atoms with Crippen LogP contribution >= 0.6 is 12.6 Å². The van der Waals surface area contributed by atoms with E-state index in [0.717, 1.165) is 5.56 Å². The van der Waals surface area contributed by atoms with Crippen molar-refractivity contribution in [3.05, 3.63) is 29.3 Å². The number of rotatable bonds is 3. The van der Waals surface area contributed by atoms with Gasteiger partial charge in [-0.3, -0.25) is 4.79 Å². The molecule has 8 heteroatoms. The minimum absolute atomic E-state index is 0.0112. The Kier molecular flexibility index (Phi) is 5.87. The second-order valence-electron chi connectivity index (χ2n) is 7.27. The highest BCUT2D eigenvalue weighted by molar-refractivity contribution is 7.82. The highest BCUT2D eigenvalue weighted by Crippen LogP contribution is 2.34. The van der Waals surface area contributed by atoms with Gasteiger partial charge in [0.05, 0.1) is 20.8 Å². The Labute approximate surface area is 158 Å². The van der Waals surface area contributed by atoms with E-state index in [2.05, 4.69) is 12.6 Å². The maximum absolute atomic E-state index is 13.7. The summed E-state index contributed by atoms with van der Waals surface area (Å²) in [6.45, 7) is 5.76. The van der Waals surface area contributed by atoms with Crippen LogP contribution in [0.25, 0.3) is 0 Å². The summed E-state index contributed by atoms with van der Waals surface area (Å²) in [5.74, 6) is -0.637. The number of amides is 1. The molecule has 0 bridgehead atoms. The summed E-state index contributed by atoms with van der Waals surface area (Å²) in [5.41, 5.74) is 1.13. The van der Waals surface area contributed by atoms with Gasteiger partial charge in [-0.2, -0.15) is 0 Å². The number of hydrogen-bond donors (Lipinski definition) is 1. The lowest BCUT2D eigenvalue weighted by Gasteiger charge is -2.43. The van der Waals surface area contributed by atoms with E-state index < -0.39 is 16.7 Å². The zero-order chi connectivity index (χ0) is 19.7. The van der Waals surface area contributed by atoms with Crippen molar-refractivity contribution in [2.45, 2.75) is 31.1 Å². The van der Waals surface area contributed by atoms with Gasteiger partial charge in [-0.25, -0.2) is 4.79 Å². The molecule has 26 heavy (non-hydrogen) atoms. The third-order valence-corrected chi connectivity index (χ3v) is 4.98. The van der Waals surface area contributed by atoms with Crippen LogP contribution in [0, 0.1) is 0 Å². The van der Waals surface area contributed by atoms with Gasteiger partial charge in [-0.1, -0.05) is 26.8 Å². The largest absolute Gasteiger partial charge is 0.496 e. The van der Waals surface area contributed by atoms with Gasteiger partial charge in [0.15, 0.2) is 4.87 Å². The number of benzene rings is 1. The standard InChI is InChI=1S/C18H25FN2O4S/c1-17(2,3)13-7-6-12(10-14(13)24-4)15(22)21-9-8-20(19)11-18(21,26)16(23)25-5/h6-7,10,26H,8-9,11H2,1-5H3. The smallest absolute Gasteiger partial charge is 0.343 e. The van der Waals surface area contributed by atoms with Gasteiger partial charge in [0.2, 0.25) is 0 Å². The number of hydrogen-bond acceptors (Lipinski definition) is 6. The predicted molar refractivity (Wildman–Crippen MR) is 99.1 cm³/mol. The summed E-state index contributed by atoms with van der Waals surface area (Å²) in [6.07, 6.45) is 0. The molecule has 0 aromatic heterocycles. The van der Waals surface area contributed by atoms with Crippen LogP contribution in [0.15, 0.2) is 18.2 Å². The third kappa shape index (κ3) is 3.81. The van der Waals surface area contributed by atoms with Crippen molar-refractivity contribution in [3.8, 4) is 5.75 Å². The summed E-state index contributed by atoms with van der Waals surface area (Å²) in [5, 5.41) is 0.455. The number of nitrogens with zero attached hydrogens (tertiary/aromatic N) is 2. The first-order chi connectivity index (χ1) is 12.0. The SMILES string of the molecule is COC(=O)C1(S)CN(F)CCN1C(=O)c1ccc(C(C)(C)C)c(OC)c1. The van der Waals surface area contributed by atoms with E-state index in [9.17, 15) is 14.1 Å². The topological polar surface area (TPSA) is 59.1 Å². The van der Waals surface area contributed by atoms with E-state index in [4.69, 9.17) is 9.47 Å². The van der Waals surface area contributed by atoms with Crippen molar-refractivity contribution in [2.24, 2.45) is 0 Å². The molecule has 6 nitrogen and oxygen atoms in total. The van der Waals surface area contributed by atoms with E-state index in [0.29, 0.717) is 16.4 Å². The van der Waals surface area contributed by atoms with Crippen molar-refractivity contribution >= 4 is 24.5 Å². The highest BCUT2D eigenvalue weighted by atomic mass is 32.1. The summed E-state index contributed by atoms with van der Waals surface area (Å²) < 4.78 is 23.9. The number of piperazine rings is 1. The minimum Gasteiger partial charge on any atom is -0.496 e. The summed E-state index contributed by atoms with van der Waals surface area (Å²) >= 11 is 4.30. The fraction of sp³-hybridized carbons (Fsp3) is 0.556. The molecule has 1 aromatic rings. The molecule has 0 saturated carbocycles. The van der Waals surface area contributed by atoms with Crippen LogP contribution in [-0.4, -0.2) is 60.6 Å². The van der Waals surface area contributed by atoms with Gasteiger partial charge < -0.3 is 14.4 Å². The molecule has 1 aromatic carbocycles. The van der Waals surface area contributed by atoms with Crippen LogP contribution in [0.3, 0.4) is 0 Å². The molecule has 1 unspecified atom stereocenters. The van der Waals surface area contributed by atoms with Gasteiger partial charge >= 0.3 is 5.97 Å². The first kappa shape index (κ1) is 20.5. The van der Waals surface area contributed by atoms with Gasteiger partial charge in [0.25, 0.3) is 5.91 Å². The van der Waals surface area contributed by atoms with Crippen molar-refractivity contribution < 1.29 is 23.5 Å². The molecular weight excluding hydrogens is 359 g/mol. The average molecular weight is 384 g/mol. The number of carbonyl (C=O) groups is 2.